The molecule has 0 aromatic heterocycles. The van der Waals surface area contributed by atoms with Crippen molar-refractivity contribution in [2.24, 2.45) is 5.73 Å². The standard InChI is InChI=1S/C15H23NO2/c1-4-15(5-2)12-9-11(17)7-6-10(12)8-13(18-3)14(15)16/h6-7,9,13-14,17H,4-5,8,16H2,1-3H3/t13-,14+/m0/s1. The SMILES string of the molecule is CCC1(CC)c2cc(O)ccc2C[C@H](OC)[C@H]1N. The molecule has 0 amide bonds. The molecular weight excluding hydrogens is 226 g/mol. The molecule has 0 spiro atoms. The Morgan fingerprint density at radius 1 is 1.39 bits per heavy atom. The Morgan fingerprint density at radius 3 is 2.61 bits per heavy atom. The minimum absolute atomic E-state index is 0.0215. The zero-order valence-electron chi connectivity index (χ0n) is 11.4. The lowest BCUT2D eigenvalue weighted by Crippen LogP contribution is -2.56. The molecule has 1 aromatic rings. The highest BCUT2D eigenvalue weighted by Crippen LogP contribution is 2.43. The molecule has 0 unspecified atom stereocenters. The topological polar surface area (TPSA) is 55.5 Å². The molecule has 1 aliphatic carbocycles. The largest absolute Gasteiger partial charge is 0.508 e. The van der Waals surface area contributed by atoms with Crippen molar-refractivity contribution in [1.82, 2.24) is 0 Å². The van der Waals surface area contributed by atoms with Crippen LogP contribution in [0.4, 0.5) is 0 Å². The van der Waals surface area contributed by atoms with Gasteiger partial charge in [-0.05, 0) is 36.1 Å². The van der Waals surface area contributed by atoms with E-state index >= 15 is 0 Å². The third-order valence-electron chi connectivity index (χ3n) is 4.65. The summed E-state index contributed by atoms with van der Waals surface area (Å²) in [4.78, 5) is 0. The Kier molecular flexibility index (Phi) is 3.64. The zero-order chi connectivity index (χ0) is 13.3. The first-order chi connectivity index (χ1) is 8.58. The summed E-state index contributed by atoms with van der Waals surface area (Å²) in [6.07, 6.45) is 2.80. The van der Waals surface area contributed by atoms with E-state index in [1.54, 1.807) is 13.2 Å². The highest BCUT2D eigenvalue weighted by Gasteiger charge is 2.44. The van der Waals surface area contributed by atoms with E-state index in [-0.39, 0.29) is 17.6 Å². The summed E-state index contributed by atoms with van der Waals surface area (Å²) in [5.74, 6) is 0.322. The second-order valence-electron chi connectivity index (χ2n) is 5.21. The Hall–Kier alpha value is -1.06. The third-order valence-corrected chi connectivity index (χ3v) is 4.65. The van der Waals surface area contributed by atoms with Crippen LogP contribution in [-0.4, -0.2) is 24.4 Å². The maximum absolute atomic E-state index is 9.75. The van der Waals surface area contributed by atoms with Crippen molar-refractivity contribution in [3.63, 3.8) is 0 Å². The molecule has 1 aromatic carbocycles. The van der Waals surface area contributed by atoms with Crippen LogP contribution < -0.4 is 5.73 Å². The molecule has 0 saturated heterocycles. The van der Waals surface area contributed by atoms with Crippen molar-refractivity contribution in [3.8, 4) is 5.75 Å². The maximum atomic E-state index is 9.75. The lowest BCUT2D eigenvalue weighted by atomic mass is 9.63. The van der Waals surface area contributed by atoms with E-state index in [1.165, 1.54) is 11.1 Å². The van der Waals surface area contributed by atoms with Gasteiger partial charge in [-0.25, -0.2) is 0 Å². The van der Waals surface area contributed by atoms with Crippen molar-refractivity contribution in [3.05, 3.63) is 29.3 Å². The van der Waals surface area contributed by atoms with Gasteiger partial charge in [-0.2, -0.15) is 0 Å². The molecule has 0 bridgehead atoms. The number of fused-ring (bicyclic) bond motifs is 1. The number of aromatic hydroxyl groups is 1. The number of benzene rings is 1. The van der Waals surface area contributed by atoms with Gasteiger partial charge in [0.1, 0.15) is 5.75 Å². The minimum Gasteiger partial charge on any atom is -0.508 e. The quantitative estimate of drug-likeness (QED) is 0.864. The smallest absolute Gasteiger partial charge is 0.115 e. The third kappa shape index (κ3) is 1.82. The average Bonchev–Trinajstić information content (AvgIpc) is 2.39. The second kappa shape index (κ2) is 4.90. The number of ether oxygens (including phenoxy) is 1. The predicted octanol–water partition coefficient (Wildman–Crippen LogP) is 2.35. The van der Waals surface area contributed by atoms with Crippen LogP contribution in [0.3, 0.4) is 0 Å². The van der Waals surface area contributed by atoms with Gasteiger partial charge < -0.3 is 15.6 Å². The first kappa shape index (κ1) is 13.4. The molecule has 100 valence electrons. The van der Waals surface area contributed by atoms with E-state index in [2.05, 4.69) is 13.8 Å². The van der Waals surface area contributed by atoms with Gasteiger partial charge in [0.25, 0.3) is 0 Å². The molecule has 0 heterocycles. The van der Waals surface area contributed by atoms with Crippen LogP contribution >= 0.6 is 0 Å². The monoisotopic (exact) mass is 249 g/mol. The van der Waals surface area contributed by atoms with Crippen molar-refractivity contribution < 1.29 is 9.84 Å². The Balaban J connectivity index is 2.59. The van der Waals surface area contributed by atoms with Crippen LogP contribution in [-0.2, 0) is 16.6 Å². The van der Waals surface area contributed by atoms with E-state index in [0.717, 1.165) is 19.3 Å². The van der Waals surface area contributed by atoms with Crippen molar-refractivity contribution >= 4 is 0 Å². The first-order valence-electron chi connectivity index (χ1n) is 6.69. The molecule has 0 radical (unpaired) electrons. The molecular formula is C15H23NO2. The average molecular weight is 249 g/mol. The van der Waals surface area contributed by atoms with Gasteiger partial charge in [-0.1, -0.05) is 19.9 Å². The lowest BCUT2D eigenvalue weighted by Gasteiger charge is -2.46. The Bertz CT molecular complexity index is 427. The highest BCUT2D eigenvalue weighted by molar-refractivity contribution is 5.44. The maximum Gasteiger partial charge on any atom is 0.115 e. The molecule has 2 rings (SSSR count). The predicted molar refractivity (Wildman–Crippen MR) is 72.8 cm³/mol. The van der Waals surface area contributed by atoms with Gasteiger partial charge in [0, 0.05) is 25.0 Å². The molecule has 3 nitrogen and oxygen atoms in total. The zero-order valence-corrected chi connectivity index (χ0v) is 11.4. The summed E-state index contributed by atoms with van der Waals surface area (Å²) in [6.45, 7) is 4.32. The fourth-order valence-corrected chi connectivity index (χ4v) is 3.42. The van der Waals surface area contributed by atoms with E-state index in [1.807, 2.05) is 12.1 Å². The molecule has 2 atom stereocenters. The van der Waals surface area contributed by atoms with Gasteiger partial charge in [0.15, 0.2) is 0 Å². The van der Waals surface area contributed by atoms with Crippen LogP contribution in [0.15, 0.2) is 18.2 Å². The van der Waals surface area contributed by atoms with Gasteiger partial charge in [-0.15, -0.1) is 0 Å². The Morgan fingerprint density at radius 2 is 2.06 bits per heavy atom. The summed E-state index contributed by atoms with van der Waals surface area (Å²) in [7, 11) is 1.73. The minimum atomic E-state index is -0.0903. The number of hydrogen-bond acceptors (Lipinski definition) is 3. The van der Waals surface area contributed by atoms with E-state index in [4.69, 9.17) is 10.5 Å². The molecule has 0 saturated carbocycles. The number of hydrogen-bond donors (Lipinski definition) is 2. The normalized spacial score (nSPS) is 25.8. The second-order valence-corrected chi connectivity index (χ2v) is 5.21. The summed E-state index contributed by atoms with van der Waals surface area (Å²) >= 11 is 0. The van der Waals surface area contributed by atoms with Crippen molar-refractivity contribution in [2.45, 2.75) is 50.7 Å². The summed E-state index contributed by atoms with van der Waals surface area (Å²) in [5, 5.41) is 9.75. The van der Waals surface area contributed by atoms with Crippen LogP contribution in [0, 0.1) is 0 Å². The van der Waals surface area contributed by atoms with Crippen molar-refractivity contribution in [2.75, 3.05) is 7.11 Å². The number of phenols is 1. The highest BCUT2D eigenvalue weighted by atomic mass is 16.5. The summed E-state index contributed by atoms with van der Waals surface area (Å²) in [6, 6.07) is 5.61. The summed E-state index contributed by atoms with van der Waals surface area (Å²) < 4.78 is 5.56. The first-order valence-corrected chi connectivity index (χ1v) is 6.69. The number of rotatable bonds is 3. The fourth-order valence-electron chi connectivity index (χ4n) is 3.42. The van der Waals surface area contributed by atoms with Crippen LogP contribution in [0.5, 0.6) is 5.75 Å². The molecule has 3 heteroatoms. The number of methoxy groups -OCH3 is 1. The van der Waals surface area contributed by atoms with Gasteiger partial charge in [-0.3, -0.25) is 0 Å². The van der Waals surface area contributed by atoms with Gasteiger partial charge >= 0.3 is 0 Å². The Labute approximate surface area is 109 Å². The van der Waals surface area contributed by atoms with E-state index in [0.29, 0.717) is 5.75 Å². The van der Waals surface area contributed by atoms with Gasteiger partial charge in [0.2, 0.25) is 0 Å². The molecule has 3 N–H and O–H groups in total. The fraction of sp³-hybridized carbons (Fsp3) is 0.600. The van der Waals surface area contributed by atoms with Crippen molar-refractivity contribution in [1.29, 1.82) is 0 Å². The van der Waals surface area contributed by atoms with E-state index in [9.17, 15) is 5.11 Å². The van der Waals surface area contributed by atoms with Crippen LogP contribution in [0.25, 0.3) is 0 Å². The van der Waals surface area contributed by atoms with Gasteiger partial charge in [0.05, 0.1) is 6.10 Å². The van der Waals surface area contributed by atoms with E-state index < -0.39 is 0 Å². The molecule has 0 aliphatic heterocycles. The van der Waals surface area contributed by atoms with Crippen LogP contribution in [0.2, 0.25) is 0 Å². The number of nitrogens with two attached hydrogens (primary N) is 1. The number of phenolic OH excluding ortho intramolecular Hbond substituents is 1. The summed E-state index contributed by atoms with van der Waals surface area (Å²) in [5.41, 5.74) is 8.81. The molecule has 0 fully saturated rings. The van der Waals surface area contributed by atoms with Crippen LogP contribution in [0.1, 0.15) is 37.8 Å². The lowest BCUT2D eigenvalue weighted by molar-refractivity contribution is 0.0399. The molecule has 1 aliphatic rings. The molecule has 18 heavy (non-hydrogen) atoms.